The number of phenolic OH excluding ortho intramolecular Hbond substituents is 1. The molecule has 150 valence electrons. The van der Waals surface area contributed by atoms with Crippen LogP contribution in [0.1, 0.15) is 12.8 Å². The van der Waals surface area contributed by atoms with E-state index in [1.54, 1.807) is 4.90 Å². The Morgan fingerprint density at radius 1 is 1.21 bits per heavy atom. The molecular weight excluding hydrogens is 374 g/mol. The zero-order valence-corrected chi connectivity index (χ0v) is 15.7. The summed E-state index contributed by atoms with van der Waals surface area (Å²) in [6.07, 6.45) is 1.62. The molecule has 3 aromatic rings. The highest BCUT2D eigenvalue weighted by Crippen LogP contribution is 2.31. The Bertz CT molecular complexity index is 1090. The first-order chi connectivity index (χ1) is 14.1. The van der Waals surface area contributed by atoms with Crippen LogP contribution in [0.4, 0.5) is 0 Å². The molecule has 29 heavy (non-hydrogen) atoms. The van der Waals surface area contributed by atoms with E-state index < -0.39 is 0 Å². The van der Waals surface area contributed by atoms with Gasteiger partial charge in [-0.1, -0.05) is 30.3 Å². The Hall–Kier alpha value is -3.32. The molecule has 0 spiro atoms. The Morgan fingerprint density at radius 3 is 2.76 bits per heavy atom. The molecule has 1 fully saturated rings. The minimum absolute atomic E-state index is 0.0586. The van der Waals surface area contributed by atoms with E-state index in [0.717, 1.165) is 18.4 Å². The molecule has 7 nitrogen and oxygen atoms in total. The molecule has 0 bridgehead atoms. The number of aliphatic hydroxyl groups excluding tert-OH is 1. The lowest BCUT2D eigenvalue weighted by Gasteiger charge is -2.23. The predicted molar refractivity (Wildman–Crippen MR) is 107 cm³/mol. The van der Waals surface area contributed by atoms with Gasteiger partial charge in [-0.3, -0.25) is 9.59 Å². The van der Waals surface area contributed by atoms with Crippen molar-refractivity contribution in [1.29, 1.82) is 0 Å². The van der Waals surface area contributed by atoms with E-state index in [1.807, 2.05) is 30.3 Å². The first kappa shape index (κ1) is 19.0. The van der Waals surface area contributed by atoms with Gasteiger partial charge in [0.25, 0.3) is 5.91 Å². The van der Waals surface area contributed by atoms with Crippen LogP contribution in [0.5, 0.6) is 11.5 Å². The highest BCUT2D eigenvalue weighted by Gasteiger charge is 2.28. The highest BCUT2D eigenvalue weighted by atomic mass is 16.5. The number of amides is 1. The first-order valence-electron chi connectivity index (χ1n) is 9.46. The first-order valence-corrected chi connectivity index (χ1v) is 9.46. The van der Waals surface area contributed by atoms with E-state index in [1.165, 1.54) is 18.2 Å². The van der Waals surface area contributed by atoms with Crippen molar-refractivity contribution in [2.24, 2.45) is 0 Å². The zero-order valence-electron chi connectivity index (χ0n) is 15.7. The number of carbonyl (C=O) groups is 1. The highest BCUT2D eigenvalue weighted by molar-refractivity contribution is 5.86. The summed E-state index contributed by atoms with van der Waals surface area (Å²) in [5.74, 6) is 0.0865. The van der Waals surface area contributed by atoms with Gasteiger partial charge in [0.1, 0.15) is 28.2 Å². The summed E-state index contributed by atoms with van der Waals surface area (Å²) in [5, 5.41) is 19.7. The number of aliphatic hydroxyl groups is 1. The van der Waals surface area contributed by atoms with Gasteiger partial charge < -0.3 is 24.3 Å². The van der Waals surface area contributed by atoms with Gasteiger partial charge in [-0.05, 0) is 12.8 Å². The Labute approximate surface area is 166 Å². The van der Waals surface area contributed by atoms with Crippen molar-refractivity contribution < 1.29 is 24.2 Å². The molecule has 1 aliphatic rings. The average Bonchev–Trinajstić information content (AvgIpc) is 3.21. The van der Waals surface area contributed by atoms with Crippen molar-refractivity contribution in [1.82, 2.24) is 4.90 Å². The zero-order chi connectivity index (χ0) is 20.4. The molecule has 7 heteroatoms. The van der Waals surface area contributed by atoms with E-state index >= 15 is 0 Å². The molecule has 0 unspecified atom stereocenters. The van der Waals surface area contributed by atoms with E-state index in [2.05, 4.69) is 0 Å². The SMILES string of the molecule is O=C(COc1cc(O)c2c(=O)cc(-c3ccccc3)oc2c1)N1CCC[C@H]1CO. The second-order valence-electron chi connectivity index (χ2n) is 7.01. The van der Waals surface area contributed by atoms with Crippen LogP contribution in [-0.4, -0.2) is 46.8 Å². The smallest absolute Gasteiger partial charge is 0.260 e. The number of benzene rings is 2. The molecule has 1 aromatic heterocycles. The van der Waals surface area contributed by atoms with Gasteiger partial charge in [0, 0.05) is 30.3 Å². The lowest BCUT2D eigenvalue weighted by atomic mass is 10.1. The molecule has 4 rings (SSSR count). The summed E-state index contributed by atoms with van der Waals surface area (Å²) in [6.45, 7) is 0.283. The average molecular weight is 395 g/mol. The van der Waals surface area contributed by atoms with Crippen molar-refractivity contribution in [2.75, 3.05) is 19.8 Å². The Kier molecular flexibility index (Phi) is 5.22. The summed E-state index contributed by atoms with van der Waals surface area (Å²) in [6, 6.07) is 13.1. The van der Waals surface area contributed by atoms with Crippen molar-refractivity contribution in [2.45, 2.75) is 18.9 Å². The molecule has 0 aliphatic carbocycles. The van der Waals surface area contributed by atoms with E-state index in [9.17, 15) is 19.8 Å². The molecule has 1 amide bonds. The second kappa shape index (κ2) is 7.97. The summed E-state index contributed by atoms with van der Waals surface area (Å²) < 4.78 is 11.4. The Balaban J connectivity index is 1.61. The largest absolute Gasteiger partial charge is 0.507 e. The van der Waals surface area contributed by atoms with Gasteiger partial charge >= 0.3 is 0 Å². The third kappa shape index (κ3) is 3.82. The summed E-state index contributed by atoms with van der Waals surface area (Å²) in [7, 11) is 0. The molecule has 2 aromatic carbocycles. The topological polar surface area (TPSA) is 100 Å². The predicted octanol–water partition coefficient (Wildman–Crippen LogP) is 2.53. The van der Waals surface area contributed by atoms with Crippen LogP contribution in [0.2, 0.25) is 0 Å². The number of likely N-dealkylation sites (tertiary alicyclic amines) is 1. The summed E-state index contributed by atoms with van der Waals surface area (Å²) in [4.78, 5) is 26.5. The van der Waals surface area contributed by atoms with Gasteiger partial charge in [-0.2, -0.15) is 0 Å². The van der Waals surface area contributed by atoms with Crippen molar-refractivity contribution >= 4 is 16.9 Å². The number of aromatic hydroxyl groups is 1. The summed E-state index contributed by atoms with van der Waals surface area (Å²) in [5.41, 5.74) is 0.540. The van der Waals surface area contributed by atoms with Gasteiger partial charge in [0.15, 0.2) is 12.0 Å². The molecule has 1 atom stereocenters. The molecule has 0 radical (unpaired) electrons. The van der Waals surface area contributed by atoms with Crippen LogP contribution in [-0.2, 0) is 4.79 Å². The number of ether oxygens (including phenoxy) is 1. The van der Waals surface area contributed by atoms with Gasteiger partial charge in [-0.15, -0.1) is 0 Å². The van der Waals surface area contributed by atoms with Crippen molar-refractivity contribution in [3.8, 4) is 22.8 Å². The number of carbonyl (C=O) groups excluding carboxylic acids is 1. The van der Waals surface area contributed by atoms with E-state index in [-0.39, 0.29) is 53.1 Å². The lowest BCUT2D eigenvalue weighted by molar-refractivity contribution is -0.134. The molecule has 1 saturated heterocycles. The van der Waals surface area contributed by atoms with Crippen molar-refractivity contribution in [3.63, 3.8) is 0 Å². The van der Waals surface area contributed by atoms with Crippen LogP contribution >= 0.6 is 0 Å². The fourth-order valence-electron chi connectivity index (χ4n) is 3.65. The minimum Gasteiger partial charge on any atom is -0.507 e. The third-order valence-electron chi connectivity index (χ3n) is 5.11. The van der Waals surface area contributed by atoms with Gasteiger partial charge in [0.05, 0.1) is 12.6 Å². The van der Waals surface area contributed by atoms with E-state index in [0.29, 0.717) is 12.3 Å². The van der Waals surface area contributed by atoms with Crippen LogP contribution in [0.15, 0.2) is 57.7 Å². The number of hydrogen-bond acceptors (Lipinski definition) is 6. The fraction of sp³-hybridized carbons (Fsp3) is 0.273. The molecule has 0 saturated carbocycles. The van der Waals surface area contributed by atoms with Crippen LogP contribution in [0.3, 0.4) is 0 Å². The number of fused-ring (bicyclic) bond motifs is 1. The lowest BCUT2D eigenvalue weighted by Crippen LogP contribution is -2.40. The molecule has 2 heterocycles. The number of nitrogens with zero attached hydrogens (tertiary/aromatic N) is 1. The summed E-state index contributed by atoms with van der Waals surface area (Å²) >= 11 is 0. The van der Waals surface area contributed by atoms with Gasteiger partial charge in [-0.25, -0.2) is 0 Å². The standard InChI is InChI=1S/C22H21NO6/c24-12-15-7-4-8-23(15)21(27)13-28-16-9-17(25)22-18(26)11-19(29-20(22)10-16)14-5-2-1-3-6-14/h1-3,5-6,9-11,15,24-25H,4,7-8,12-13H2/t15-/m0/s1. The monoisotopic (exact) mass is 395 g/mol. The Morgan fingerprint density at radius 2 is 2.00 bits per heavy atom. The second-order valence-corrected chi connectivity index (χ2v) is 7.01. The van der Waals surface area contributed by atoms with Crippen LogP contribution < -0.4 is 10.2 Å². The molecule has 2 N–H and O–H groups in total. The fourth-order valence-corrected chi connectivity index (χ4v) is 3.65. The van der Waals surface area contributed by atoms with E-state index in [4.69, 9.17) is 9.15 Å². The van der Waals surface area contributed by atoms with Crippen LogP contribution in [0, 0.1) is 0 Å². The quantitative estimate of drug-likeness (QED) is 0.689. The molecular formula is C22H21NO6. The van der Waals surface area contributed by atoms with Crippen molar-refractivity contribution in [3.05, 3.63) is 58.8 Å². The third-order valence-corrected chi connectivity index (χ3v) is 5.11. The normalized spacial score (nSPS) is 16.3. The molecule has 1 aliphatic heterocycles. The number of hydrogen-bond donors (Lipinski definition) is 2. The maximum atomic E-state index is 12.5. The maximum Gasteiger partial charge on any atom is 0.260 e. The number of phenols is 1. The minimum atomic E-state index is -0.368. The van der Waals surface area contributed by atoms with Crippen LogP contribution in [0.25, 0.3) is 22.3 Å². The van der Waals surface area contributed by atoms with Gasteiger partial charge in [0.2, 0.25) is 0 Å². The number of rotatable bonds is 5. The maximum absolute atomic E-state index is 12.5.